The van der Waals surface area contributed by atoms with Gasteiger partial charge in [0.1, 0.15) is 0 Å². The lowest BCUT2D eigenvalue weighted by molar-refractivity contribution is -0.0788. The average Bonchev–Trinajstić information content (AvgIpc) is 2.96. The molecular weight excluding hydrogens is 248 g/mol. The summed E-state index contributed by atoms with van der Waals surface area (Å²) in [6.07, 6.45) is 10.8. The van der Waals surface area contributed by atoms with Gasteiger partial charge in [0, 0.05) is 19.6 Å². The molecule has 2 unspecified atom stereocenters. The third-order valence-corrected chi connectivity index (χ3v) is 5.91. The number of likely N-dealkylation sites (tertiary alicyclic amines) is 2. The van der Waals surface area contributed by atoms with Gasteiger partial charge < -0.3 is 10.0 Å². The van der Waals surface area contributed by atoms with Gasteiger partial charge in [-0.3, -0.25) is 4.90 Å². The molecule has 0 amide bonds. The Hall–Kier alpha value is -0.120. The minimum absolute atomic E-state index is 0.363. The molecule has 0 aromatic carbocycles. The maximum atomic E-state index is 10.7. The summed E-state index contributed by atoms with van der Waals surface area (Å²) in [6.45, 7) is 7.90. The summed E-state index contributed by atoms with van der Waals surface area (Å²) < 4.78 is 0. The van der Waals surface area contributed by atoms with Gasteiger partial charge in [-0.05, 0) is 58.0 Å². The van der Waals surface area contributed by atoms with Crippen LogP contribution in [0.4, 0.5) is 0 Å². The molecule has 2 atom stereocenters. The standard InChI is InChI=1S/C17H32N2O/c1-17(20)9-12-18(13-15-7-3-2-4-8-15)14-16(17)19-10-5-6-11-19/h15-16,20H,2-14H2,1H3. The van der Waals surface area contributed by atoms with Crippen molar-refractivity contribution in [2.45, 2.75) is 69.9 Å². The number of aliphatic hydroxyl groups is 1. The van der Waals surface area contributed by atoms with Crippen molar-refractivity contribution in [2.75, 3.05) is 32.7 Å². The molecule has 116 valence electrons. The average molecular weight is 280 g/mol. The van der Waals surface area contributed by atoms with Crippen molar-refractivity contribution >= 4 is 0 Å². The fraction of sp³-hybridized carbons (Fsp3) is 1.00. The number of rotatable bonds is 3. The van der Waals surface area contributed by atoms with E-state index in [0.29, 0.717) is 6.04 Å². The fourth-order valence-corrected chi connectivity index (χ4v) is 4.55. The van der Waals surface area contributed by atoms with Gasteiger partial charge in [-0.25, -0.2) is 0 Å². The molecule has 3 aliphatic rings. The summed E-state index contributed by atoms with van der Waals surface area (Å²) in [4.78, 5) is 5.20. The summed E-state index contributed by atoms with van der Waals surface area (Å²) >= 11 is 0. The third kappa shape index (κ3) is 3.37. The molecular formula is C17H32N2O. The maximum Gasteiger partial charge on any atom is 0.0798 e. The lowest BCUT2D eigenvalue weighted by Crippen LogP contribution is -2.61. The lowest BCUT2D eigenvalue weighted by atomic mass is 9.85. The van der Waals surface area contributed by atoms with Gasteiger partial charge in [0.05, 0.1) is 11.6 Å². The molecule has 20 heavy (non-hydrogen) atoms. The van der Waals surface area contributed by atoms with E-state index < -0.39 is 5.60 Å². The molecule has 0 radical (unpaired) electrons. The largest absolute Gasteiger partial charge is 0.388 e. The molecule has 1 saturated carbocycles. The number of hydrogen-bond donors (Lipinski definition) is 1. The molecule has 3 heteroatoms. The Labute approximate surface area is 124 Å². The number of hydrogen-bond acceptors (Lipinski definition) is 3. The second kappa shape index (κ2) is 6.33. The second-order valence-electron chi connectivity index (χ2n) is 7.63. The zero-order chi connectivity index (χ0) is 14.0. The van der Waals surface area contributed by atoms with E-state index in [1.165, 1.54) is 64.6 Å². The van der Waals surface area contributed by atoms with Crippen molar-refractivity contribution in [3.05, 3.63) is 0 Å². The van der Waals surface area contributed by atoms with Gasteiger partial charge >= 0.3 is 0 Å². The molecule has 2 heterocycles. The Morgan fingerprint density at radius 2 is 1.70 bits per heavy atom. The normalized spacial score (nSPS) is 38.4. The van der Waals surface area contributed by atoms with Crippen LogP contribution in [0.15, 0.2) is 0 Å². The SMILES string of the molecule is CC1(O)CCN(CC2CCCCC2)CC1N1CCCC1. The van der Waals surface area contributed by atoms with Gasteiger partial charge in [-0.15, -0.1) is 0 Å². The Morgan fingerprint density at radius 3 is 2.40 bits per heavy atom. The quantitative estimate of drug-likeness (QED) is 0.860. The molecule has 3 rings (SSSR count). The highest BCUT2D eigenvalue weighted by atomic mass is 16.3. The minimum Gasteiger partial charge on any atom is -0.388 e. The third-order valence-electron chi connectivity index (χ3n) is 5.91. The van der Waals surface area contributed by atoms with Crippen LogP contribution < -0.4 is 0 Å². The van der Waals surface area contributed by atoms with Crippen molar-refractivity contribution in [2.24, 2.45) is 5.92 Å². The summed E-state index contributed by atoms with van der Waals surface area (Å²) in [5.41, 5.74) is -0.479. The van der Waals surface area contributed by atoms with Crippen molar-refractivity contribution in [1.82, 2.24) is 9.80 Å². The molecule has 2 saturated heterocycles. The molecule has 0 bridgehead atoms. The van der Waals surface area contributed by atoms with E-state index in [0.717, 1.165) is 25.4 Å². The molecule has 1 aliphatic carbocycles. The highest BCUT2D eigenvalue weighted by Crippen LogP contribution is 2.31. The summed E-state index contributed by atoms with van der Waals surface area (Å²) in [5.74, 6) is 0.922. The van der Waals surface area contributed by atoms with Crippen molar-refractivity contribution in [3.63, 3.8) is 0 Å². The number of nitrogens with zero attached hydrogens (tertiary/aromatic N) is 2. The van der Waals surface area contributed by atoms with Crippen LogP contribution in [-0.2, 0) is 0 Å². The van der Waals surface area contributed by atoms with Crippen LogP contribution in [-0.4, -0.2) is 59.3 Å². The van der Waals surface area contributed by atoms with E-state index >= 15 is 0 Å². The first-order valence-electron chi connectivity index (χ1n) is 8.84. The molecule has 3 nitrogen and oxygen atoms in total. The monoisotopic (exact) mass is 280 g/mol. The molecule has 2 aliphatic heterocycles. The maximum absolute atomic E-state index is 10.7. The van der Waals surface area contributed by atoms with Crippen LogP contribution in [0.2, 0.25) is 0 Å². The van der Waals surface area contributed by atoms with E-state index in [4.69, 9.17) is 0 Å². The molecule has 0 aromatic heterocycles. The first-order valence-corrected chi connectivity index (χ1v) is 8.84. The number of piperidine rings is 1. The molecule has 3 fully saturated rings. The summed E-state index contributed by atoms with van der Waals surface area (Å²) in [5, 5.41) is 10.7. The Balaban J connectivity index is 1.57. The Bertz CT molecular complexity index is 306. The molecule has 0 spiro atoms. The van der Waals surface area contributed by atoms with E-state index in [1.54, 1.807) is 0 Å². The first kappa shape index (κ1) is 14.8. The van der Waals surface area contributed by atoms with Crippen LogP contribution in [0.1, 0.15) is 58.3 Å². The summed E-state index contributed by atoms with van der Waals surface area (Å²) in [7, 11) is 0. The van der Waals surface area contributed by atoms with Gasteiger partial charge in [-0.1, -0.05) is 19.3 Å². The van der Waals surface area contributed by atoms with Crippen LogP contribution >= 0.6 is 0 Å². The Morgan fingerprint density at radius 1 is 1.00 bits per heavy atom. The minimum atomic E-state index is -0.479. The second-order valence-corrected chi connectivity index (χ2v) is 7.63. The smallest absolute Gasteiger partial charge is 0.0798 e. The van der Waals surface area contributed by atoms with E-state index in [1.807, 2.05) is 0 Å². The van der Waals surface area contributed by atoms with Gasteiger partial charge in [-0.2, -0.15) is 0 Å². The van der Waals surface area contributed by atoms with Crippen molar-refractivity contribution in [1.29, 1.82) is 0 Å². The lowest BCUT2D eigenvalue weighted by Gasteiger charge is -2.47. The van der Waals surface area contributed by atoms with Crippen LogP contribution in [0.25, 0.3) is 0 Å². The van der Waals surface area contributed by atoms with Crippen LogP contribution in [0.3, 0.4) is 0 Å². The molecule has 0 aromatic rings. The molecule has 1 N–H and O–H groups in total. The highest BCUT2D eigenvalue weighted by molar-refractivity contribution is 4.97. The van der Waals surface area contributed by atoms with Crippen molar-refractivity contribution < 1.29 is 5.11 Å². The predicted molar refractivity (Wildman–Crippen MR) is 82.9 cm³/mol. The topological polar surface area (TPSA) is 26.7 Å². The van der Waals surface area contributed by atoms with Crippen LogP contribution in [0.5, 0.6) is 0 Å². The first-order chi connectivity index (χ1) is 9.65. The zero-order valence-electron chi connectivity index (χ0n) is 13.2. The van der Waals surface area contributed by atoms with Gasteiger partial charge in [0.15, 0.2) is 0 Å². The summed E-state index contributed by atoms with van der Waals surface area (Å²) in [6, 6.07) is 0.363. The fourth-order valence-electron chi connectivity index (χ4n) is 4.55. The Kier molecular flexibility index (Phi) is 4.68. The van der Waals surface area contributed by atoms with E-state index in [2.05, 4.69) is 16.7 Å². The van der Waals surface area contributed by atoms with Gasteiger partial charge in [0.2, 0.25) is 0 Å². The van der Waals surface area contributed by atoms with Crippen LogP contribution in [0, 0.1) is 5.92 Å². The zero-order valence-corrected chi connectivity index (χ0v) is 13.2. The van der Waals surface area contributed by atoms with E-state index in [9.17, 15) is 5.11 Å². The van der Waals surface area contributed by atoms with Crippen molar-refractivity contribution in [3.8, 4) is 0 Å². The van der Waals surface area contributed by atoms with Gasteiger partial charge in [0.25, 0.3) is 0 Å². The highest BCUT2D eigenvalue weighted by Gasteiger charge is 2.41. The predicted octanol–water partition coefficient (Wildman–Crippen LogP) is 2.49. The van der Waals surface area contributed by atoms with E-state index in [-0.39, 0.29) is 0 Å².